The first-order valence-electron chi connectivity index (χ1n) is 8.42. The van der Waals surface area contributed by atoms with Gasteiger partial charge in [0.15, 0.2) is 5.75 Å². The van der Waals surface area contributed by atoms with Gasteiger partial charge in [-0.05, 0) is 25.0 Å². The van der Waals surface area contributed by atoms with E-state index in [0.29, 0.717) is 21.7 Å². The van der Waals surface area contributed by atoms with E-state index in [1.165, 1.54) is 0 Å². The zero-order valence-electron chi connectivity index (χ0n) is 14.4. The van der Waals surface area contributed by atoms with Gasteiger partial charge in [-0.1, -0.05) is 29.3 Å². The molecule has 0 radical (unpaired) electrons. The highest BCUT2D eigenvalue weighted by atomic mass is 35.5. The van der Waals surface area contributed by atoms with Crippen LogP contribution < -0.4 is 15.0 Å². The minimum Gasteiger partial charge on any atom is -0.486 e. The average Bonchev–Trinajstić information content (AvgIpc) is 2.67. The van der Waals surface area contributed by atoms with Crippen molar-refractivity contribution in [3.8, 4) is 5.75 Å². The van der Waals surface area contributed by atoms with E-state index in [-0.39, 0.29) is 18.4 Å². The SMILES string of the molecule is CNC(=O)C1CCN(c2ncc(OCc3c(Cl)cccc3Cl)cn2)CC1. The second-order valence-corrected chi connectivity index (χ2v) is 6.90. The van der Waals surface area contributed by atoms with Crippen LogP contribution in [-0.4, -0.2) is 36.0 Å². The molecule has 1 aromatic heterocycles. The standard InChI is InChI=1S/C18H20Cl2N4O2/c1-21-17(25)12-5-7-24(8-6-12)18-22-9-13(10-23-18)26-11-14-15(19)3-2-4-16(14)20/h2-4,9-10,12H,5-8,11H2,1H3,(H,21,25). The molecule has 0 aliphatic carbocycles. The molecule has 3 rings (SSSR count). The molecule has 1 fully saturated rings. The molecule has 6 nitrogen and oxygen atoms in total. The molecule has 1 aliphatic heterocycles. The number of aromatic nitrogens is 2. The Bertz CT molecular complexity index is 742. The number of anilines is 1. The molecule has 2 heterocycles. The number of carbonyl (C=O) groups excluding carboxylic acids is 1. The van der Waals surface area contributed by atoms with Crippen molar-refractivity contribution in [3.05, 3.63) is 46.2 Å². The van der Waals surface area contributed by atoms with E-state index >= 15 is 0 Å². The fraction of sp³-hybridized carbons (Fsp3) is 0.389. The Hall–Kier alpha value is -2.05. The maximum Gasteiger partial charge on any atom is 0.225 e. The van der Waals surface area contributed by atoms with Crippen LogP contribution in [0.1, 0.15) is 18.4 Å². The lowest BCUT2D eigenvalue weighted by Gasteiger charge is -2.31. The molecular weight excluding hydrogens is 375 g/mol. The van der Waals surface area contributed by atoms with E-state index in [1.54, 1.807) is 37.6 Å². The number of hydrogen-bond donors (Lipinski definition) is 1. The number of benzene rings is 1. The lowest BCUT2D eigenvalue weighted by atomic mass is 9.96. The number of nitrogens with one attached hydrogen (secondary N) is 1. The van der Waals surface area contributed by atoms with Gasteiger partial charge in [0.25, 0.3) is 0 Å². The molecule has 1 N–H and O–H groups in total. The van der Waals surface area contributed by atoms with Crippen molar-refractivity contribution in [2.24, 2.45) is 5.92 Å². The first-order chi connectivity index (χ1) is 12.6. The van der Waals surface area contributed by atoms with Gasteiger partial charge in [0.2, 0.25) is 11.9 Å². The third kappa shape index (κ3) is 4.37. The summed E-state index contributed by atoms with van der Waals surface area (Å²) in [5.74, 6) is 1.36. The molecular formula is C18H20Cl2N4O2. The Balaban J connectivity index is 1.57. The van der Waals surface area contributed by atoms with Gasteiger partial charge < -0.3 is 15.0 Å². The van der Waals surface area contributed by atoms with E-state index in [9.17, 15) is 4.79 Å². The van der Waals surface area contributed by atoms with E-state index in [2.05, 4.69) is 20.2 Å². The quantitative estimate of drug-likeness (QED) is 0.841. The van der Waals surface area contributed by atoms with Gasteiger partial charge in [0.05, 0.1) is 12.4 Å². The van der Waals surface area contributed by atoms with Gasteiger partial charge in [0, 0.05) is 41.7 Å². The van der Waals surface area contributed by atoms with Crippen LogP contribution in [0, 0.1) is 5.92 Å². The largest absolute Gasteiger partial charge is 0.486 e. The summed E-state index contributed by atoms with van der Waals surface area (Å²) in [6.07, 6.45) is 4.87. The van der Waals surface area contributed by atoms with Crippen molar-refractivity contribution in [3.63, 3.8) is 0 Å². The van der Waals surface area contributed by atoms with Crippen molar-refractivity contribution in [1.82, 2.24) is 15.3 Å². The monoisotopic (exact) mass is 394 g/mol. The number of piperidine rings is 1. The highest BCUT2D eigenvalue weighted by molar-refractivity contribution is 6.35. The van der Waals surface area contributed by atoms with Crippen LogP contribution in [0.2, 0.25) is 10.0 Å². The molecule has 0 saturated carbocycles. The lowest BCUT2D eigenvalue weighted by molar-refractivity contribution is -0.125. The van der Waals surface area contributed by atoms with E-state index in [1.807, 2.05) is 0 Å². The van der Waals surface area contributed by atoms with E-state index in [4.69, 9.17) is 27.9 Å². The molecule has 0 bridgehead atoms. The Kier molecular flexibility index (Phi) is 6.16. The minimum absolute atomic E-state index is 0.0687. The van der Waals surface area contributed by atoms with Gasteiger partial charge in [-0.15, -0.1) is 0 Å². The van der Waals surface area contributed by atoms with E-state index in [0.717, 1.165) is 31.5 Å². The zero-order valence-corrected chi connectivity index (χ0v) is 15.9. The zero-order chi connectivity index (χ0) is 18.5. The number of ether oxygens (including phenoxy) is 1. The number of amides is 1. The minimum atomic E-state index is 0.0687. The molecule has 8 heteroatoms. The third-order valence-electron chi connectivity index (χ3n) is 4.45. The molecule has 2 aromatic rings. The van der Waals surface area contributed by atoms with Crippen molar-refractivity contribution >= 4 is 35.1 Å². The fourth-order valence-corrected chi connectivity index (χ4v) is 3.43. The molecule has 1 aromatic carbocycles. The van der Waals surface area contributed by atoms with Gasteiger partial charge in [0.1, 0.15) is 6.61 Å². The van der Waals surface area contributed by atoms with Gasteiger partial charge >= 0.3 is 0 Å². The first-order valence-corrected chi connectivity index (χ1v) is 9.18. The van der Waals surface area contributed by atoms with Crippen LogP contribution in [0.25, 0.3) is 0 Å². The highest BCUT2D eigenvalue weighted by Crippen LogP contribution is 2.26. The summed E-state index contributed by atoms with van der Waals surface area (Å²) in [5.41, 5.74) is 0.733. The number of carbonyl (C=O) groups is 1. The smallest absolute Gasteiger partial charge is 0.225 e. The van der Waals surface area contributed by atoms with Crippen molar-refractivity contribution < 1.29 is 9.53 Å². The Morgan fingerprint density at radius 1 is 1.23 bits per heavy atom. The Morgan fingerprint density at radius 2 is 1.85 bits per heavy atom. The van der Waals surface area contributed by atoms with Crippen LogP contribution >= 0.6 is 23.2 Å². The predicted molar refractivity (Wildman–Crippen MR) is 102 cm³/mol. The lowest BCUT2D eigenvalue weighted by Crippen LogP contribution is -2.40. The molecule has 26 heavy (non-hydrogen) atoms. The normalized spacial score (nSPS) is 15.0. The van der Waals surface area contributed by atoms with Crippen LogP contribution in [0.3, 0.4) is 0 Å². The van der Waals surface area contributed by atoms with Crippen molar-refractivity contribution in [2.45, 2.75) is 19.4 Å². The fourth-order valence-electron chi connectivity index (χ4n) is 2.92. The maximum absolute atomic E-state index is 11.7. The summed E-state index contributed by atoms with van der Waals surface area (Å²) in [4.78, 5) is 22.5. The number of nitrogens with zero attached hydrogens (tertiary/aromatic N) is 3. The number of rotatable bonds is 5. The summed E-state index contributed by atoms with van der Waals surface area (Å²) in [5, 5.41) is 3.84. The maximum atomic E-state index is 11.7. The van der Waals surface area contributed by atoms with E-state index < -0.39 is 0 Å². The molecule has 0 unspecified atom stereocenters. The predicted octanol–water partition coefficient (Wildman–Crippen LogP) is 3.32. The summed E-state index contributed by atoms with van der Waals surface area (Å²) in [6.45, 7) is 1.76. The Morgan fingerprint density at radius 3 is 2.42 bits per heavy atom. The summed E-state index contributed by atoms with van der Waals surface area (Å²) in [7, 11) is 1.67. The second kappa shape index (κ2) is 8.56. The van der Waals surface area contributed by atoms with Crippen LogP contribution in [0.5, 0.6) is 5.75 Å². The topological polar surface area (TPSA) is 67.4 Å². The van der Waals surface area contributed by atoms with Crippen LogP contribution in [0.15, 0.2) is 30.6 Å². The van der Waals surface area contributed by atoms with Gasteiger partial charge in [-0.3, -0.25) is 4.79 Å². The molecule has 1 amide bonds. The van der Waals surface area contributed by atoms with Crippen molar-refractivity contribution in [1.29, 1.82) is 0 Å². The molecule has 0 atom stereocenters. The van der Waals surface area contributed by atoms with Gasteiger partial charge in [-0.2, -0.15) is 0 Å². The first kappa shape index (κ1) is 18.7. The summed E-state index contributed by atoms with van der Waals surface area (Å²) < 4.78 is 5.69. The summed E-state index contributed by atoms with van der Waals surface area (Å²) >= 11 is 12.3. The van der Waals surface area contributed by atoms with Crippen LogP contribution in [-0.2, 0) is 11.4 Å². The highest BCUT2D eigenvalue weighted by Gasteiger charge is 2.25. The molecule has 0 spiro atoms. The number of halogens is 2. The Labute approximate surface area is 162 Å². The van der Waals surface area contributed by atoms with Gasteiger partial charge in [-0.25, -0.2) is 9.97 Å². The molecule has 1 saturated heterocycles. The molecule has 1 aliphatic rings. The van der Waals surface area contributed by atoms with Crippen molar-refractivity contribution in [2.75, 3.05) is 25.0 Å². The number of hydrogen-bond acceptors (Lipinski definition) is 5. The van der Waals surface area contributed by atoms with Crippen LogP contribution in [0.4, 0.5) is 5.95 Å². The molecule has 138 valence electrons. The third-order valence-corrected chi connectivity index (χ3v) is 5.16. The average molecular weight is 395 g/mol. The summed E-state index contributed by atoms with van der Waals surface area (Å²) in [6, 6.07) is 5.34. The second-order valence-electron chi connectivity index (χ2n) is 6.08.